The minimum absolute atomic E-state index is 0.298. The van der Waals surface area contributed by atoms with Gasteiger partial charge in [-0.05, 0) is 230 Å². The number of ether oxygens (including phenoxy) is 6. The highest BCUT2D eigenvalue weighted by Gasteiger charge is 2.22. The van der Waals surface area contributed by atoms with Crippen molar-refractivity contribution < 1.29 is 52.4 Å². The molecule has 0 unspecified atom stereocenters. The molecule has 0 heterocycles. The van der Waals surface area contributed by atoms with Gasteiger partial charge in [-0.1, -0.05) is 134 Å². The highest BCUT2D eigenvalue weighted by Crippen LogP contribution is 2.38. The molecule has 1 fully saturated rings. The van der Waals surface area contributed by atoms with Crippen LogP contribution in [0.15, 0.2) is 265 Å². The maximum Gasteiger partial charge on any atom is 0.343 e. The number of esters is 5. The summed E-state index contributed by atoms with van der Waals surface area (Å²) in [4.78, 5) is 60.4. The van der Waals surface area contributed by atoms with E-state index < -0.39 is 17.9 Å². The normalized spacial score (nSPS) is 11.8. The first-order chi connectivity index (χ1) is 47.4. The van der Waals surface area contributed by atoms with E-state index in [1.807, 2.05) is 127 Å². The Hall–Kier alpha value is -11.4. The molecule has 12 nitrogen and oxygen atoms in total. The molecule has 0 amide bonds. The Balaban J connectivity index is 0.000000431. The number of hydrogen-bond donors (Lipinski definition) is 0. The molecule has 0 radical (unpaired) electrons. The third-order valence-electron chi connectivity index (χ3n) is 14.6. The smallest absolute Gasteiger partial charge is 0.343 e. The fourth-order valence-electron chi connectivity index (χ4n) is 9.36. The molecule has 10 rings (SSSR count). The van der Waals surface area contributed by atoms with Gasteiger partial charge in [-0.2, -0.15) is 5.26 Å². The van der Waals surface area contributed by atoms with E-state index in [-0.39, 0.29) is 11.9 Å². The van der Waals surface area contributed by atoms with Crippen LogP contribution in [0.25, 0.3) is 0 Å². The predicted molar refractivity (Wildman–Crippen MR) is 398 cm³/mol. The van der Waals surface area contributed by atoms with Crippen LogP contribution in [0.5, 0.6) is 34.5 Å². The topological polar surface area (TPSA) is 165 Å². The van der Waals surface area contributed by atoms with E-state index in [9.17, 15) is 24.0 Å². The first kappa shape index (κ1) is 82.7. The Morgan fingerprint density at radius 1 is 0.378 bits per heavy atom. The second-order valence-electron chi connectivity index (χ2n) is 21.6. The molecule has 98 heavy (non-hydrogen) atoms. The van der Waals surface area contributed by atoms with Crippen LogP contribution in [0.4, 0.5) is 0 Å². The van der Waals surface area contributed by atoms with E-state index in [0.29, 0.717) is 73.6 Å². The minimum atomic E-state index is -0.451. The van der Waals surface area contributed by atoms with Gasteiger partial charge in [0.15, 0.2) is 0 Å². The summed E-state index contributed by atoms with van der Waals surface area (Å²) in [5.41, 5.74) is 10.6. The van der Waals surface area contributed by atoms with Crippen LogP contribution >= 0.6 is 0 Å². The first-order valence-electron chi connectivity index (χ1n) is 32.2. The van der Waals surface area contributed by atoms with Crippen molar-refractivity contribution in [3.05, 3.63) is 337 Å². The highest BCUT2D eigenvalue weighted by molar-refractivity contribution is 5.94. The van der Waals surface area contributed by atoms with Crippen LogP contribution in [0.3, 0.4) is 0 Å². The summed E-state index contributed by atoms with van der Waals surface area (Å²) >= 11 is 0. The maximum atomic E-state index is 12.4. The monoisotopic (exact) mass is 1320 g/mol. The molecule has 12 heteroatoms. The molecule has 0 saturated heterocycles. The summed E-state index contributed by atoms with van der Waals surface area (Å²) in [5.74, 6) is 2.78. The number of nitriles is 1. The molecule has 0 aromatic heterocycles. The van der Waals surface area contributed by atoms with Crippen LogP contribution in [0.1, 0.15) is 162 Å². The third kappa shape index (κ3) is 29.1. The number of aryl methyl sites for hydroxylation is 6. The summed E-state index contributed by atoms with van der Waals surface area (Å²) in [6.07, 6.45) is 7.95. The summed E-state index contributed by atoms with van der Waals surface area (Å²) in [6, 6.07) is 64.6. The number of hydrogen-bond acceptors (Lipinski definition) is 12. The first-order valence-corrected chi connectivity index (χ1v) is 32.2. The van der Waals surface area contributed by atoms with Gasteiger partial charge in [0.2, 0.25) is 0 Å². The number of benzene rings is 9. The number of nitrogens with zero attached hydrogens (tertiary/aromatic N) is 1. The molecule has 510 valence electrons. The fourth-order valence-corrected chi connectivity index (χ4v) is 9.36. The lowest BCUT2D eigenvalue weighted by Crippen LogP contribution is -2.13. The number of rotatable bonds is 14. The number of methoxy groups -OCH3 is 1. The van der Waals surface area contributed by atoms with Gasteiger partial charge in [-0.3, -0.25) is 0 Å². The van der Waals surface area contributed by atoms with Gasteiger partial charge in [0.05, 0.1) is 46.6 Å². The van der Waals surface area contributed by atoms with E-state index in [4.69, 9.17) is 33.7 Å². The van der Waals surface area contributed by atoms with Gasteiger partial charge in [-0.25, -0.2) is 24.0 Å². The van der Waals surface area contributed by atoms with Gasteiger partial charge < -0.3 is 28.4 Å². The van der Waals surface area contributed by atoms with E-state index >= 15 is 0 Å². The Kier molecular flexibility index (Phi) is 39.3. The quantitative estimate of drug-likeness (QED) is 0.0576. The molecule has 0 aliphatic heterocycles. The SMILES string of the molecule is C=C.C=C.C=C.C=C.CC.CCCC1CCC(c2ccc(OC(=O)c3ccc(C)cc3)cc2)CC1.COc1ccc(OC(=O)c2ccc(C)cc2)cc1.Cc1ccc(C(=O)Oc2ccc(C#N)cc2)cc1.Cc1ccc(OC(=O)c2ccc(OC(=O)c3ccc(C)cc3)cc2C)cc1. The molecular formula is C86H95NO11. The van der Waals surface area contributed by atoms with Crippen molar-refractivity contribution in [3.8, 4) is 40.6 Å². The molecule has 9 aromatic carbocycles. The van der Waals surface area contributed by atoms with Gasteiger partial charge in [0.1, 0.15) is 34.5 Å². The van der Waals surface area contributed by atoms with Crippen molar-refractivity contribution in [3.63, 3.8) is 0 Å². The molecule has 0 bridgehead atoms. The van der Waals surface area contributed by atoms with Crippen molar-refractivity contribution in [2.24, 2.45) is 5.92 Å². The predicted octanol–water partition coefficient (Wildman–Crippen LogP) is 21.9. The lowest BCUT2D eigenvalue weighted by atomic mass is 9.77. The molecule has 1 aliphatic rings. The molecule has 0 N–H and O–H groups in total. The average Bonchev–Trinajstić information content (AvgIpc) is 0.912. The molecule has 0 atom stereocenters. The standard InChI is InChI=1S/C23H20O4.C23H28O2.C15H11NO2.C15H14O3.C2H6.4C2H4/c1-15-4-8-18(9-5-15)22(24)27-20-12-13-21(17(3)14-20)23(25)26-19-10-6-16(2)7-11-19;1-3-4-18-7-11-19(12-8-18)20-13-15-22(16-14-20)25-23(24)21-9-5-17(2)6-10-21;1-11-2-6-13(7-3-11)15(17)18-14-8-4-12(10-16)5-9-14;1-11-3-5-12(6-4-11)15(16)18-14-9-7-13(17-2)8-10-14;5*1-2/h4-14H,1-3H3;5-6,9-10,13-16,18-19H,3-4,7-8,11-12H2,1-2H3;2-9H,1H3;3-10H,1-2H3;1-2H3;4*1-2H2. The van der Waals surface area contributed by atoms with Crippen LogP contribution in [0, 0.1) is 58.8 Å². The summed E-state index contributed by atoms with van der Waals surface area (Å²) < 4.78 is 31.7. The molecular weight excluding hydrogens is 1220 g/mol. The second-order valence-corrected chi connectivity index (χ2v) is 21.6. The van der Waals surface area contributed by atoms with Gasteiger partial charge in [0.25, 0.3) is 0 Å². The molecule has 0 spiro atoms. The highest BCUT2D eigenvalue weighted by atomic mass is 16.6. The molecule has 1 saturated carbocycles. The van der Waals surface area contributed by atoms with Crippen molar-refractivity contribution in [1.29, 1.82) is 5.26 Å². The number of carbonyl (C=O) groups excluding carboxylic acids is 5. The van der Waals surface area contributed by atoms with Crippen LogP contribution in [-0.4, -0.2) is 37.0 Å². The minimum Gasteiger partial charge on any atom is -0.497 e. The van der Waals surface area contributed by atoms with E-state index in [1.54, 1.807) is 141 Å². The van der Waals surface area contributed by atoms with Gasteiger partial charge in [0, 0.05) is 0 Å². The van der Waals surface area contributed by atoms with E-state index in [2.05, 4.69) is 71.7 Å². The Morgan fingerprint density at radius 2 is 0.653 bits per heavy atom. The third-order valence-corrected chi connectivity index (χ3v) is 14.6. The summed E-state index contributed by atoms with van der Waals surface area (Å²) in [7, 11) is 1.59. The zero-order chi connectivity index (χ0) is 73.0. The zero-order valence-corrected chi connectivity index (χ0v) is 58.7. The van der Waals surface area contributed by atoms with E-state index in [1.165, 1.54) is 44.1 Å². The fraction of sp³-hybridized carbons (Fsp3) is 0.209. The van der Waals surface area contributed by atoms with Crippen LogP contribution < -0.4 is 28.4 Å². The lowest BCUT2D eigenvalue weighted by Gasteiger charge is -2.28. The van der Waals surface area contributed by atoms with Gasteiger partial charge >= 0.3 is 29.8 Å². The molecule has 9 aromatic rings. The lowest BCUT2D eigenvalue weighted by molar-refractivity contribution is 0.0721. The summed E-state index contributed by atoms with van der Waals surface area (Å²) in [6.45, 7) is 41.9. The Labute approximate surface area is 582 Å². The van der Waals surface area contributed by atoms with Crippen LogP contribution in [0.2, 0.25) is 0 Å². The second kappa shape index (κ2) is 46.6. The van der Waals surface area contributed by atoms with Gasteiger partial charge in [-0.15, -0.1) is 52.6 Å². The Morgan fingerprint density at radius 3 is 0.969 bits per heavy atom. The zero-order valence-electron chi connectivity index (χ0n) is 58.7. The van der Waals surface area contributed by atoms with Crippen molar-refractivity contribution >= 4 is 29.8 Å². The summed E-state index contributed by atoms with van der Waals surface area (Å²) in [5, 5.41) is 8.66. The average molecular weight is 1320 g/mol. The Bertz CT molecular complexity index is 3840. The largest absolute Gasteiger partial charge is 0.497 e. The van der Waals surface area contributed by atoms with Crippen molar-refractivity contribution in [2.75, 3.05) is 7.11 Å². The van der Waals surface area contributed by atoms with Crippen molar-refractivity contribution in [2.45, 2.75) is 107 Å². The maximum absolute atomic E-state index is 12.4. The van der Waals surface area contributed by atoms with E-state index in [0.717, 1.165) is 39.5 Å². The molecule has 1 aliphatic carbocycles. The van der Waals surface area contributed by atoms with Crippen molar-refractivity contribution in [1.82, 2.24) is 0 Å². The van der Waals surface area contributed by atoms with Crippen LogP contribution in [-0.2, 0) is 0 Å². The number of carbonyl (C=O) groups is 5.